The van der Waals surface area contributed by atoms with Gasteiger partial charge in [0.15, 0.2) is 5.13 Å². The highest BCUT2D eigenvalue weighted by Gasteiger charge is 2.21. The van der Waals surface area contributed by atoms with Crippen LogP contribution >= 0.6 is 11.3 Å². The van der Waals surface area contributed by atoms with Crippen molar-refractivity contribution >= 4 is 32.6 Å². The van der Waals surface area contributed by atoms with Crippen LogP contribution in [-0.4, -0.2) is 10.9 Å². The van der Waals surface area contributed by atoms with Crippen LogP contribution in [0.4, 0.5) is 5.13 Å². The van der Waals surface area contributed by atoms with Gasteiger partial charge in [0, 0.05) is 0 Å². The molecular formula is C25H24N2OS. The van der Waals surface area contributed by atoms with Crippen molar-refractivity contribution in [3.63, 3.8) is 0 Å². The molecule has 0 aliphatic rings. The first kappa shape index (κ1) is 19.3. The van der Waals surface area contributed by atoms with Crippen molar-refractivity contribution < 1.29 is 4.79 Å². The van der Waals surface area contributed by atoms with Gasteiger partial charge in [0.1, 0.15) is 0 Å². The number of carbonyl (C=O) groups is 1. The first-order chi connectivity index (χ1) is 14.0. The summed E-state index contributed by atoms with van der Waals surface area (Å²) in [6, 6.07) is 22.6. The molecule has 0 unspecified atom stereocenters. The van der Waals surface area contributed by atoms with Gasteiger partial charge in [-0.3, -0.25) is 9.69 Å². The van der Waals surface area contributed by atoms with E-state index in [1.165, 1.54) is 11.1 Å². The zero-order chi connectivity index (χ0) is 20.4. The van der Waals surface area contributed by atoms with Gasteiger partial charge in [-0.2, -0.15) is 0 Å². The van der Waals surface area contributed by atoms with Gasteiger partial charge in [0.25, 0.3) is 0 Å². The number of benzene rings is 3. The maximum atomic E-state index is 13.4. The average Bonchev–Trinajstić information content (AvgIpc) is 3.11. The van der Waals surface area contributed by atoms with Crippen molar-refractivity contribution in [2.45, 2.75) is 33.7 Å². The summed E-state index contributed by atoms with van der Waals surface area (Å²) >= 11 is 1.58. The van der Waals surface area contributed by atoms with E-state index in [-0.39, 0.29) is 5.91 Å². The molecule has 3 nitrogen and oxygen atoms in total. The molecule has 0 N–H and O–H groups in total. The molecule has 0 spiro atoms. The minimum Gasteiger partial charge on any atom is -0.283 e. The third-order valence-corrected chi connectivity index (χ3v) is 6.13. The summed E-state index contributed by atoms with van der Waals surface area (Å²) in [7, 11) is 0. The fourth-order valence-corrected chi connectivity index (χ4v) is 4.55. The summed E-state index contributed by atoms with van der Waals surface area (Å²) in [5.74, 6) is 0.0663. The molecule has 1 amide bonds. The third kappa shape index (κ3) is 4.38. The van der Waals surface area contributed by atoms with Crippen LogP contribution < -0.4 is 4.90 Å². The number of hydrogen-bond acceptors (Lipinski definition) is 3. The highest BCUT2D eigenvalue weighted by atomic mass is 32.1. The van der Waals surface area contributed by atoms with Crippen LogP contribution in [0.1, 0.15) is 27.8 Å². The van der Waals surface area contributed by atoms with Crippen LogP contribution in [0.2, 0.25) is 0 Å². The van der Waals surface area contributed by atoms with Crippen LogP contribution in [0.5, 0.6) is 0 Å². The lowest BCUT2D eigenvalue weighted by Gasteiger charge is -2.21. The summed E-state index contributed by atoms with van der Waals surface area (Å²) in [6.45, 7) is 6.73. The Morgan fingerprint density at radius 2 is 1.66 bits per heavy atom. The van der Waals surface area contributed by atoms with Crippen LogP contribution in [0.25, 0.3) is 10.2 Å². The van der Waals surface area contributed by atoms with Gasteiger partial charge in [-0.05, 0) is 55.2 Å². The van der Waals surface area contributed by atoms with Gasteiger partial charge in [-0.1, -0.05) is 71.5 Å². The van der Waals surface area contributed by atoms with Crippen molar-refractivity contribution in [2.75, 3.05) is 4.90 Å². The Labute approximate surface area is 175 Å². The van der Waals surface area contributed by atoms with E-state index in [1.807, 2.05) is 29.2 Å². The number of aryl methyl sites for hydroxylation is 3. The zero-order valence-electron chi connectivity index (χ0n) is 17.0. The summed E-state index contributed by atoms with van der Waals surface area (Å²) < 4.78 is 1.11. The van der Waals surface area contributed by atoms with E-state index >= 15 is 0 Å². The monoisotopic (exact) mass is 400 g/mol. The number of nitrogens with zero attached hydrogens (tertiary/aromatic N) is 2. The normalized spacial score (nSPS) is 11.0. The topological polar surface area (TPSA) is 33.2 Å². The van der Waals surface area contributed by atoms with Gasteiger partial charge in [0.05, 0.1) is 23.2 Å². The lowest BCUT2D eigenvalue weighted by atomic mass is 10.0. The Balaban J connectivity index is 1.69. The molecule has 0 aliphatic heterocycles. The highest BCUT2D eigenvalue weighted by molar-refractivity contribution is 7.22. The van der Waals surface area contributed by atoms with E-state index in [9.17, 15) is 4.79 Å². The molecule has 0 atom stereocenters. The standard InChI is InChI=1S/C25H24N2OS/c1-17-9-11-21(19(3)13-17)15-24(28)27(16-20-7-5-4-6-8-20)25-26-22-12-10-18(2)14-23(22)29-25/h4-14H,15-16H2,1-3H3. The van der Waals surface area contributed by atoms with E-state index in [0.29, 0.717) is 13.0 Å². The van der Waals surface area contributed by atoms with Gasteiger partial charge < -0.3 is 0 Å². The van der Waals surface area contributed by atoms with E-state index in [2.05, 4.69) is 63.2 Å². The molecule has 1 heterocycles. The number of amides is 1. The smallest absolute Gasteiger partial charge is 0.233 e. The molecular weight excluding hydrogens is 376 g/mol. The van der Waals surface area contributed by atoms with E-state index in [4.69, 9.17) is 4.98 Å². The van der Waals surface area contributed by atoms with Crippen LogP contribution in [0, 0.1) is 20.8 Å². The summed E-state index contributed by atoms with van der Waals surface area (Å²) in [5.41, 5.74) is 6.66. The van der Waals surface area contributed by atoms with E-state index < -0.39 is 0 Å². The van der Waals surface area contributed by atoms with Crippen molar-refractivity contribution in [3.05, 3.63) is 94.5 Å². The molecule has 3 aromatic carbocycles. The number of rotatable bonds is 5. The average molecular weight is 401 g/mol. The first-order valence-electron chi connectivity index (χ1n) is 9.77. The van der Waals surface area contributed by atoms with Crippen LogP contribution in [0.3, 0.4) is 0 Å². The molecule has 146 valence electrons. The minimum atomic E-state index is 0.0663. The second kappa shape index (κ2) is 8.18. The lowest BCUT2D eigenvalue weighted by molar-refractivity contribution is -0.118. The maximum Gasteiger partial charge on any atom is 0.233 e. The lowest BCUT2D eigenvalue weighted by Crippen LogP contribution is -2.31. The molecule has 4 heteroatoms. The second-order valence-corrected chi connectivity index (χ2v) is 8.55. The van der Waals surface area contributed by atoms with Gasteiger partial charge in [-0.15, -0.1) is 0 Å². The number of aromatic nitrogens is 1. The fourth-order valence-electron chi connectivity index (χ4n) is 3.47. The third-order valence-electron chi connectivity index (χ3n) is 5.09. The molecule has 0 saturated heterocycles. The quantitative estimate of drug-likeness (QED) is 0.412. The molecule has 1 aromatic heterocycles. The molecule has 0 radical (unpaired) electrons. The number of hydrogen-bond donors (Lipinski definition) is 0. The maximum absolute atomic E-state index is 13.4. The molecule has 0 saturated carbocycles. The van der Waals surface area contributed by atoms with E-state index in [0.717, 1.165) is 32.0 Å². The number of fused-ring (bicyclic) bond motifs is 1. The summed E-state index contributed by atoms with van der Waals surface area (Å²) in [4.78, 5) is 20.0. The second-order valence-electron chi connectivity index (χ2n) is 7.54. The number of anilines is 1. The SMILES string of the molecule is Cc1ccc(CC(=O)N(Cc2ccccc2)c2nc3ccc(C)cc3s2)c(C)c1. The molecule has 4 rings (SSSR count). The molecule has 4 aromatic rings. The Hall–Kier alpha value is -2.98. The predicted octanol–water partition coefficient (Wildman–Crippen LogP) is 6.00. The summed E-state index contributed by atoms with van der Waals surface area (Å²) in [6.07, 6.45) is 0.369. The van der Waals surface area contributed by atoms with Crippen molar-refractivity contribution in [2.24, 2.45) is 0 Å². The van der Waals surface area contributed by atoms with Crippen LogP contribution in [0.15, 0.2) is 66.7 Å². The molecule has 0 fully saturated rings. The number of carbonyl (C=O) groups excluding carboxylic acids is 1. The minimum absolute atomic E-state index is 0.0663. The number of thiazole rings is 1. The Bertz CT molecular complexity index is 1160. The fraction of sp³-hybridized carbons (Fsp3) is 0.200. The van der Waals surface area contributed by atoms with E-state index in [1.54, 1.807) is 11.3 Å². The van der Waals surface area contributed by atoms with Gasteiger partial charge in [0.2, 0.25) is 5.91 Å². The largest absolute Gasteiger partial charge is 0.283 e. The molecule has 0 bridgehead atoms. The first-order valence-corrected chi connectivity index (χ1v) is 10.6. The Kier molecular flexibility index (Phi) is 5.45. The van der Waals surface area contributed by atoms with Crippen molar-refractivity contribution in [3.8, 4) is 0 Å². The zero-order valence-corrected chi connectivity index (χ0v) is 17.8. The van der Waals surface area contributed by atoms with Gasteiger partial charge in [-0.25, -0.2) is 4.98 Å². The Morgan fingerprint density at radius 1 is 0.931 bits per heavy atom. The summed E-state index contributed by atoms with van der Waals surface area (Å²) in [5, 5.41) is 0.754. The molecule has 0 aliphatic carbocycles. The van der Waals surface area contributed by atoms with Crippen LogP contribution in [-0.2, 0) is 17.8 Å². The predicted molar refractivity (Wildman–Crippen MR) is 122 cm³/mol. The molecule has 29 heavy (non-hydrogen) atoms. The highest BCUT2D eigenvalue weighted by Crippen LogP contribution is 2.31. The Morgan fingerprint density at radius 3 is 2.41 bits per heavy atom. The van der Waals surface area contributed by atoms with Gasteiger partial charge >= 0.3 is 0 Å². The van der Waals surface area contributed by atoms with Crippen molar-refractivity contribution in [1.82, 2.24) is 4.98 Å². The van der Waals surface area contributed by atoms with Crippen molar-refractivity contribution in [1.29, 1.82) is 0 Å².